The van der Waals surface area contributed by atoms with Crippen LogP contribution in [0.2, 0.25) is 0 Å². The summed E-state index contributed by atoms with van der Waals surface area (Å²) in [6, 6.07) is 18.3. The highest BCUT2D eigenvalue weighted by atomic mass is 16.4. The maximum Gasteiger partial charge on any atom is 0.335 e. The van der Waals surface area contributed by atoms with Crippen LogP contribution < -0.4 is 0 Å². The topological polar surface area (TPSA) is 102 Å². The highest BCUT2D eigenvalue weighted by molar-refractivity contribution is 6.21. The van der Waals surface area contributed by atoms with Gasteiger partial charge in [-0.15, -0.1) is 0 Å². The summed E-state index contributed by atoms with van der Waals surface area (Å²) in [5, 5.41) is 20.9. The molecule has 172 valence electrons. The van der Waals surface area contributed by atoms with Crippen LogP contribution in [-0.2, 0) is 6.54 Å². The molecule has 0 spiro atoms. The number of carboxylic acid groups (broad SMARTS) is 1. The van der Waals surface area contributed by atoms with E-state index in [4.69, 9.17) is 4.99 Å². The average molecular weight is 455 g/mol. The number of piperidine rings is 1. The van der Waals surface area contributed by atoms with Gasteiger partial charge in [0, 0.05) is 23.6 Å². The Morgan fingerprint density at radius 1 is 1.03 bits per heavy atom. The molecule has 0 saturated carbocycles. The molecule has 4 aromatic rings. The first-order valence-corrected chi connectivity index (χ1v) is 11.5. The lowest BCUT2D eigenvalue weighted by molar-refractivity contribution is 0.0697. The van der Waals surface area contributed by atoms with Gasteiger partial charge in [-0.25, -0.2) is 9.79 Å². The number of nitrogens with zero attached hydrogens (tertiary/aromatic N) is 3. The normalized spacial score (nSPS) is 15.0. The van der Waals surface area contributed by atoms with Crippen molar-refractivity contribution >= 4 is 28.3 Å². The van der Waals surface area contributed by atoms with Crippen LogP contribution >= 0.6 is 0 Å². The van der Waals surface area contributed by atoms with Crippen LogP contribution in [-0.4, -0.2) is 49.9 Å². The predicted octanol–water partition coefficient (Wildman–Crippen LogP) is 5.12. The van der Waals surface area contributed by atoms with E-state index in [2.05, 4.69) is 27.0 Å². The number of hydrogen-bond donors (Lipinski definition) is 3. The zero-order valence-corrected chi connectivity index (χ0v) is 18.7. The maximum absolute atomic E-state index is 11.6. The van der Waals surface area contributed by atoms with Gasteiger partial charge >= 0.3 is 5.97 Å². The Morgan fingerprint density at radius 2 is 1.88 bits per heavy atom. The molecule has 0 bridgehead atoms. The second-order valence-electron chi connectivity index (χ2n) is 8.60. The van der Waals surface area contributed by atoms with Gasteiger partial charge in [0.05, 0.1) is 22.5 Å². The standard InChI is InChI=1S/C27H26N4O3/c32-26-24(21-16-19(27(33)34)10-11-22(21)30-26)25(23-9-2-3-12-28-23)29-20-8-6-7-18(15-20)17-31-13-4-1-5-14-31/h2-3,6-12,15-16,30,32H,1,4-5,13-14,17H2,(H,33,34). The smallest absolute Gasteiger partial charge is 0.335 e. The van der Waals surface area contributed by atoms with Crippen molar-refractivity contribution in [2.75, 3.05) is 13.1 Å². The lowest BCUT2D eigenvalue weighted by atomic mass is 10.0. The molecule has 7 heteroatoms. The van der Waals surface area contributed by atoms with Gasteiger partial charge in [0.2, 0.25) is 0 Å². The number of nitrogens with one attached hydrogen (secondary N) is 1. The number of carboxylic acids is 1. The number of aromatic amines is 1. The number of aromatic nitrogens is 2. The molecule has 3 N–H and O–H groups in total. The highest BCUT2D eigenvalue weighted by Gasteiger charge is 2.21. The minimum atomic E-state index is -1.03. The average Bonchev–Trinajstić information content (AvgIpc) is 3.18. The van der Waals surface area contributed by atoms with E-state index >= 15 is 0 Å². The Hall–Kier alpha value is -3.97. The summed E-state index contributed by atoms with van der Waals surface area (Å²) in [5.74, 6) is -1.11. The summed E-state index contributed by atoms with van der Waals surface area (Å²) < 4.78 is 0. The van der Waals surface area contributed by atoms with E-state index < -0.39 is 5.97 Å². The first-order valence-electron chi connectivity index (χ1n) is 11.5. The van der Waals surface area contributed by atoms with Gasteiger partial charge < -0.3 is 15.2 Å². The van der Waals surface area contributed by atoms with Crippen molar-refractivity contribution in [3.63, 3.8) is 0 Å². The Kier molecular flexibility index (Phi) is 6.10. The summed E-state index contributed by atoms with van der Waals surface area (Å²) in [5.41, 5.74) is 4.18. The fourth-order valence-electron chi connectivity index (χ4n) is 4.52. The molecule has 1 aliphatic rings. The Morgan fingerprint density at radius 3 is 2.65 bits per heavy atom. The van der Waals surface area contributed by atoms with Crippen LogP contribution in [0.1, 0.15) is 46.4 Å². The molecule has 0 amide bonds. The molecule has 0 atom stereocenters. The number of aliphatic imine (C=N–C) groups is 1. The molecule has 1 saturated heterocycles. The number of benzene rings is 2. The minimum Gasteiger partial charge on any atom is -0.494 e. The van der Waals surface area contributed by atoms with E-state index in [0.717, 1.165) is 25.3 Å². The van der Waals surface area contributed by atoms with E-state index in [1.807, 2.05) is 30.3 Å². The number of fused-ring (bicyclic) bond motifs is 1. The third kappa shape index (κ3) is 4.56. The summed E-state index contributed by atoms with van der Waals surface area (Å²) in [4.78, 5) is 26.4. The zero-order valence-electron chi connectivity index (χ0n) is 18.7. The number of pyridine rings is 1. The molecule has 2 aromatic carbocycles. The van der Waals surface area contributed by atoms with Gasteiger partial charge in [0.1, 0.15) is 5.71 Å². The summed E-state index contributed by atoms with van der Waals surface area (Å²) in [7, 11) is 0. The Balaban J connectivity index is 1.61. The molecule has 5 rings (SSSR count). The van der Waals surface area contributed by atoms with Crippen molar-refractivity contribution in [1.29, 1.82) is 0 Å². The summed E-state index contributed by atoms with van der Waals surface area (Å²) in [6.07, 6.45) is 5.44. The van der Waals surface area contributed by atoms with Crippen molar-refractivity contribution in [2.24, 2.45) is 4.99 Å². The van der Waals surface area contributed by atoms with Crippen LogP contribution in [0.25, 0.3) is 10.9 Å². The van der Waals surface area contributed by atoms with E-state index in [1.165, 1.54) is 30.9 Å². The maximum atomic E-state index is 11.6. The van der Waals surface area contributed by atoms with Crippen molar-refractivity contribution in [3.05, 3.63) is 89.2 Å². The molecule has 2 aromatic heterocycles. The van der Waals surface area contributed by atoms with Crippen molar-refractivity contribution < 1.29 is 15.0 Å². The molecule has 1 aliphatic heterocycles. The van der Waals surface area contributed by atoms with Crippen molar-refractivity contribution in [3.8, 4) is 5.88 Å². The quantitative estimate of drug-likeness (QED) is 0.351. The van der Waals surface area contributed by atoms with Crippen LogP contribution in [0.5, 0.6) is 5.88 Å². The first kappa shape index (κ1) is 21.9. The number of rotatable bonds is 6. The number of aromatic hydroxyl groups is 1. The van der Waals surface area contributed by atoms with Gasteiger partial charge in [-0.2, -0.15) is 0 Å². The molecular weight excluding hydrogens is 428 g/mol. The molecular formula is C27H26N4O3. The largest absolute Gasteiger partial charge is 0.494 e. The third-order valence-corrected chi connectivity index (χ3v) is 6.18. The van der Waals surface area contributed by atoms with Gasteiger partial charge in [0.25, 0.3) is 0 Å². The minimum absolute atomic E-state index is 0.0774. The zero-order chi connectivity index (χ0) is 23.5. The van der Waals surface area contributed by atoms with Gasteiger partial charge in [-0.1, -0.05) is 24.6 Å². The monoisotopic (exact) mass is 454 g/mol. The van der Waals surface area contributed by atoms with E-state index in [9.17, 15) is 15.0 Å². The third-order valence-electron chi connectivity index (χ3n) is 6.18. The van der Waals surface area contributed by atoms with Gasteiger partial charge in [-0.05, 0) is 74.0 Å². The fraction of sp³-hybridized carbons (Fsp3) is 0.222. The number of carbonyl (C=O) groups is 1. The van der Waals surface area contributed by atoms with Gasteiger partial charge in [0.15, 0.2) is 5.88 Å². The SMILES string of the molecule is O=C(O)c1ccc2[nH]c(O)c(C(=Nc3cccc(CN4CCCCC4)c3)c3ccccn3)c2c1. The van der Waals surface area contributed by atoms with Crippen LogP contribution in [0.3, 0.4) is 0 Å². The summed E-state index contributed by atoms with van der Waals surface area (Å²) in [6.45, 7) is 3.10. The van der Waals surface area contributed by atoms with Crippen LogP contribution in [0, 0.1) is 0 Å². The lowest BCUT2D eigenvalue weighted by Crippen LogP contribution is -2.28. The molecule has 7 nitrogen and oxygen atoms in total. The second kappa shape index (κ2) is 9.49. The van der Waals surface area contributed by atoms with E-state index in [0.29, 0.717) is 27.9 Å². The summed E-state index contributed by atoms with van der Waals surface area (Å²) >= 11 is 0. The second-order valence-corrected chi connectivity index (χ2v) is 8.60. The fourth-order valence-corrected chi connectivity index (χ4v) is 4.52. The Labute approximate surface area is 197 Å². The van der Waals surface area contributed by atoms with E-state index in [-0.39, 0.29) is 11.4 Å². The van der Waals surface area contributed by atoms with Crippen molar-refractivity contribution in [2.45, 2.75) is 25.8 Å². The molecule has 0 unspecified atom stereocenters. The number of hydrogen-bond acceptors (Lipinski definition) is 5. The number of likely N-dealkylation sites (tertiary alicyclic amines) is 1. The van der Waals surface area contributed by atoms with Crippen LogP contribution in [0.15, 0.2) is 71.9 Å². The molecule has 0 radical (unpaired) electrons. The lowest BCUT2D eigenvalue weighted by Gasteiger charge is -2.26. The molecule has 1 fully saturated rings. The molecule has 0 aliphatic carbocycles. The predicted molar refractivity (Wildman–Crippen MR) is 132 cm³/mol. The molecule has 3 heterocycles. The van der Waals surface area contributed by atoms with Gasteiger partial charge in [-0.3, -0.25) is 9.88 Å². The van der Waals surface area contributed by atoms with Crippen molar-refractivity contribution in [1.82, 2.24) is 14.9 Å². The number of H-pyrrole nitrogens is 1. The number of aromatic carboxylic acids is 1. The van der Waals surface area contributed by atoms with E-state index in [1.54, 1.807) is 18.3 Å². The molecule has 34 heavy (non-hydrogen) atoms. The first-order chi connectivity index (χ1) is 16.6. The van der Waals surface area contributed by atoms with Crippen LogP contribution in [0.4, 0.5) is 5.69 Å². The Bertz CT molecular complexity index is 1360. The highest BCUT2D eigenvalue weighted by Crippen LogP contribution is 2.32.